The highest BCUT2D eigenvalue weighted by Gasteiger charge is 2.25. The molecule has 1 N–H and O–H groups in total. The highest BCUT2D eigenvalue weighted by molar-refractivity contribution is 5.94. The van der Waals surface area contributed by atoms with E-state index in [4.69, 9.17) is 0 Å². The van der Waals surface area contributed by atoms with Crippen LogP contribution in [0.4, 0.5) is 0 Å². The minimum Gasteiger partial charge on any atom is -0.393 e. The van der Waals surface area contributed by atoms with Crippen molar-refractivity contribution in [2.45, 2.75) is 31.8 Å². The van der Waals surface area contributed by atoms with Gasteiger partial charge in [-0.1, -0.05) is 12.8 Å². The molecular formula is C18H23N3O2. The summed E-state index contributed by atoms with van der Waals surface area (Å²) in [7, 11) is 1.81. The first kappa shape index (κ1) is 15.7. The molecule has 1 amide bonds. The summed E-state index contributed by atoms with van der Waals surface area (Å²) in [5, 5.41) is 10.1. The Bertz CT molecular complexity index is 637. The van der Waals surface area contributed by atoms with Crippen LogP contribution in [-0.2, 0) is 0 Å². The Morgan fingerprint density at radius 2 is 2.04 bits per heavy atom. The predicted octanol–water partition coefficient (Wildman–Crippen LogP) is 2.50. The monoisotopic (exact) mass is 313 g/mol. The largest absolute Gasteiger partial charge is 0.393 e. The third-order valence-electron chi connectivity index (χ3n) is 4.64. The van der Waals surface area contributed by atoms with E-state index in [1.165, 1.54) is 0 Å². The highest BCUT2D eigenvalue weighted by atomic mass is 16.3. The maximum absolute atomic E-state index is 12.5. The van der Waals surface area contributed by atoms with E-state index in [0.717, 1.165) is 31.4 Å². The van der Waals surface area contributed by atoms with E-state index in [2.05, 4.69) is 4.98 Å². The van der Waals surface area contributed by atoms with Gasteiger partial charge in [0.05, 0.1) is 12.4 Å². The summed E-state index contributed by atoms with van der Waals surface area (Å²) < 4.78 is 1.90. The van der Waals surface area contributed by atoms with Gasteiger partial charge in [0.15, 0.2) is 0 Å². The van der Waals surface area contributed by atoms with Crippen LogP contribution in [0.15, 0.2) is 43.0 Å². The molecule has 0 saturated heterocycles. The number of aliphatic hydroxyl groups is 1. The number of carbonyl (C=O) groups excluding carboxylic acids is 1. The third-order valence-corrected chi connectivity index (χ3v) is 4.64. The molecule has 1 aromatic heterocycles. The number of hydrogen-bond acceptors (Lipinski definition) is 3. The Labute approximate surface area is 136 Å². The van der Waals surface area contributed by atoms with Crippen molar-refractivity contribution < 1.29 is 9.90 Å². The quantitative estimate of drug-likeness (QED) is 0.943. The second-order valence-electron chi connectivity index (χ2n) is 6.31. The van der Waals surface area contributed by atoms with Gasteiger partial charge in [-0.3, -0.25) is 4.79 Å². The molecule has 0 spiro atoms. The van der Waals surface area contributed by atoms with Gasteiger partial charge in [0.25, 0.3) is 5.91 Å². The molecule has 0 bridgehead atoms. The van der Waals surface area contributed by atoms with E-state index in [9.17, 15) is 9.90 Å². The van der Waals surface area contributed by atoms with Crippen molar-refractivity contribution in [3.8, 4) is 5.69 Å². The molecule has 5 heteroatoms. The summed E-state index contributed by atoms with van der Waals surface area (Å²) in [6.45, 7) is 0.614. The maximum atomic E-state index is 12.5. The van der Waals surface area contributed by atoms with Gasteiger partial charge in [-0.15, -0.1) is 0 Å². The van der Waals surface area contributed by atoms with Crippen molar-refractivity contribution in [1.29, 1.82) is 0 Å². The Hall–Kier alpha value is -2.14. The van der Waals surface area contributed by atoms with E-state index in [0.29, 0.717) is 12.1 Å². The van der Waals surface area contributed by atoms with Crippen LogP contribution in [0.5, 0.6) is 0 Å². The molecule has 23 heavy (non-hydrogen) atoms. The van der Waals surface area contributed by atoms with Crippen LogP contribution in [0, 0.1) is 5.92 Å². The van der Waals surface area contributed by atoms with Gasteiger partial charge in [-0.25, -0.2) is 4.98 Å². The Morgan fingerprint density at radius 3 is 2.70 bits per heavy atom. The number of rotatable bonds is 4. The molecule has 1 aliphatic carbocycles. The van der Waals surface area contributed by atoms with E-state index in [-0.39, 0.29) is 17.9 Å². The van der Waals surface area contributed by atoms with Crippen molar-refractivity contribution >= 4 is 5.91 Å². The zero-order valence-corrected chi connectivity index (χ0v) is 13.4. The molecule has 1 saturated carbocycles. The molecule has 2 unspecified atom stereocenters. The zero-order valence-electron chi connectivity index (χ0n) is 13.4. The topological polar surface area (TPSA) is 58.4 Å². The van der Waals surface area contributed by atoms with Crippen molar-refractivity contribution in [3.05, 3.63) is 48.5 Å². The molecule has 1 heterocycles. The molecule has 0 radical (unpaired) electrons. The minimum absolute atomic E-state index is 0.0000420. The fraction of sp³-hybridized carbons (Fsp3) is 0.444. The van der Waals surface area contributed by atoms with Crippen LogP contribution < -0.4 is 0 Å². The molecule has 2 atom stereocenters. The molecule has 1 aliphatic rings. The fourth-order valence-corrected chi connectivity index (χ4v) is 3.24. The standard InChI is InChI=1S/C18H23N3O2/c1-20(12-15-4-2-3-5-17(15)22)18(23)14-6-8-16(9-7-14)21-11-10-19-13-21/h6-11,13,15,17,22H,2-5,12H2,1H3. The first-order chi connectivity index (χ1) is 11.1. The van der Waals surface area contributed by atoms with E-state index >= 15 is 0 Å². The third kappa shape index (κ3) is 3.62. The molecular weight excluding hydrogens is 290 g/mol. The zero-order chi connectivity index (χ0) is 16.2. The normalized spacial score (nSPS) is 21.1. The fourth-order valence-electron chi connectivity index (χ4n) is 3.24. The number of aliphatic hydroxyl groups excluding tert-OH is 1. The van der Waals surface area contributed by atoms with Gasteiger partial charge in [-0.05, 0) is 37.1 Å². The molecule has 2 aromatic rings. The van der Waals surface area contributed by atoms with Crippen LogP contribution in [-0.4, -0.2) is 45.2 Å². The SMILES string of the molecule is CN(CC1CCCCC1O)C(=O)c1ccc(-n2ccnc2)cc1. The van der Waals surface area contributed by atoms with E-state index in [1.54, 1.807) is 17.4 Å². The summed E-state index contributed by atoms with van der Waals surface area (Å²) >= 11 is 0. The predicted molar refractivity (Wildman–Crippen MR) is 88.5 cm³/mol. The van der Waals surface area contributed by atoms with Crippen molar-refractivity contribution in [2.24, 2.45) is 5.92 Å². The van der Waals surface area contributed by atoms with Crippen molar-refractivity contribution in [1.82, 2.24) is 14.5 Å². The lowest BCUT2D eigenvalue weighted by Crippen LogP contribution is -2.38. The lowest BCUT2D eigenvalue weighted by atomic mass is 9.86. The van der Waals surface area contributed by atoms with Gasteiger partial charge < -0.3 is 14.6 Å². The van der Waals surface area contributed by atoms with E-state index < -0.39 is 0 Å². The smallest absolute Gasteiger partial charge is 0.253 e. The highest BCUT2D eigenvalue weighted by Crippen LogP contribution is 2.25. The van der Waals surface area contributed by atoms with Crippen LogP contribution >= 0.6 is 0 Å². The number of carbonyl (C=O) groups is 1. The average Bonchev–Trinajstić information content (AvgIpc) is 3.11. The Balaban J connectivity index is 1.65. The first-order valence-corrected chi connectivity index (χ1v) is 8.17. The summed E-state index contributed by atoms with van der Waals surface area (Å²) in [5.41, 5.74) is 1.64. The molecule has 122 valence electrons. The summed E-state index contributed by atoms with van der Waals surface area (Å²) in [5.74, 6) is 0.197. The first-order valence-electron chi connectivity index (χ1n) is 8.17. The summed E-state index contributed by atoms with van der Waals surface area (Å²) in [6, 6.07) is 7.51. The molecule has 5 nitrogen and oxygen atoms in total. The Morgan fingerprint density at radius 1 is 1.30 bits per heavy atom. The molecule has 3 rings (SSSR count). The number of benzene rings is 1. The average molecular weight is 313 g/mol. The number of imidazole rings is 1. The number of aromatic nitrogens is 2. The lowest BCUT2D eigenvalue weighted by molar-refractivity contribution is 0.0451. The number of amides is 1. The molecule has 1 aromatic carbocycles. The number of nitrogens with zero attached hydrogens (tertiary/aromatic N) is 3. The van der Waals surface area contributed by atoms with E-state index in [1.807, 2.05) is 42.1 Å². The summed E-state index contributed by atoms with van der Waals surface area (Å²) in [6.07, 6.45) is 9.13. The van der Waals surface area contributed by atoms with Gasteiger partial charge >= 0.3 is 0 Å². The number of hydrogen-bond donors (Lipinski definition) is 1. The lowest BCUT2D eigenvalue weighted by Gasteiger charge is -2.31. The van der Waals surface area contributed by atoms with Crippen molar-refractivity contribution in [3.63, 3.8) is 0 Å². The van der Waals surface area contributed by atoms with Crippen LogP contribution in [0.2, 0.25) is 0 Å². The minimum atomic E-state index is -0.275. The van der Waals surface area contributed by atoms with Gasteiger partial charge in [0, 0.05) is 43.2 Å². The second kappa shape index (κ2) is 6.96. The van der Waals surface area contributed by atoms with Crippen LogP contribution in [0.3, 0.4) is 0 Å². The molecule has 1 fully saturated rings. The van der Waals surface area contributed by atoms with Gasteiger partial charge in [0.1, 0.15) is 0 Å². The Kier molecular flexibility index (Phi) is 4.76. The van der Waals surface area contributed by atoms with Crippen LogP contribution in [0.25, 0.3) is 5.69 Å². The van der Waals surface area contributed by atoms with Gasteiger partial charge in [0.2, 0.25) is 0 Å². The maximum Gasteiger partial charge on any atom is 0.253 e. The van der Waals surface area contributed by atoms with Crippen molar-refractivity contribution in [2.75, 3.05) is 13.6 Å². The summed E-state index contributed by atoms with van der Waals surface area (Å²) in [4.78, 5) is 18.3. The second-order valence-corrected chi connectivity index (χ2v) is 6.31. The molecule has 0 aliphatic heterocycles. The van der Waals surface area contributed by atoms with Crippen LogP contribution in [0.1, 0.15) is 36.0 Å². The van der Waals surface area contributed by atoms with Gasteiger partial charge in [-0.2, -0.15) is 0 Å².